The maximum absolute atomic E-state index is 10.4. The third-order valence-corrected chi connectivity index (χ3v) is 0.729. The van der Waals surface area contributed by atoms with E-state index in [2.05, 4.69) is 15.4 Å². The molecule has 0 aromatic carbocycles. The molecule has 3 nitrogen and oxygen atoms in total. The van der Waals surface area contributed by atoms with E-state index in [1.807, 2.05) is 0 Å². The van der Waals surface area contributed by atoms with E-state index < -0.39 is 6.16 Å². The molecule has 0 radical (unpaired) electrons. The van der Waals surface area contributed by atoms with Crippen molar-refractivity contribution in [3.8, 4) is 12.3 Å². The summed E-state index contributed by atoms with van der Waals surface area (Å²) in [5.74, 6) is 2.33. The first-order chi connectivity index (χ1) is 4.81. The maximum Gasteiger partial charge on any atom is 0.508 e. The molecule has 0 rings (SSSR count). The topological polar surface area (TPSA) is 35.5 Å². The normalized spacial score (nSPS) is 8.00. The lowest BCUT2D eigenvalue weighted by molar-refractivity contribution is 0.0607. The molecular weight excluding hydrogens is 132 g/mol. The third kappa shape index (κ3) is 4.98. The second kappa shape index (κ2) is 5.96. The molecule has 0 N–H and O–H groups in total. The Morgan fingerprint density at radius 2 is 2.30 bits per heavy atom. The second-order valence-electron chi connectivity index (χ2n) is 1.49. The first-order valence-electron chi connectivity index (χ1n) is 3.04. The summed E-state index contributed by atoms with van der Waals surface area (Å²) in [4.78, 5) is 10.4. The number of terminal acetylenes is 1. The Balaban J connectivity index is 3.15. The Bertz CT molecular complexity index is 134. The van der Waals surface area contributed by atoms with E-state index in [0.717, 1.165) is 0 Å². The van der Waals surface area contributed by atoms with Crippen LogP contribution in [-0.2, 0) is 9.47 Å². The Morgan fingerprint density at radius 3 is 2.80 bits per heavy atom. The van der Waals surface area contributed by atoms with Gasteiger partial charge in [-0.3, -0.25) is 0 Å². The number of rotatable bonds is 3. The van der Waals surface area contributed by atoms with Gasteiger partial charge in [0.1, 0.15) is 6.61 Å². The average molecular weight is 142 g/mol. The van der Waals surface area contributed by atoms with Crippen molar-refractivity contribution in [2.45, 2.75) is 13.3 Å². The summed E-state index contributed by atoms with van der Waals surface area (Å²) in [5.41, 5.74) is 0. The summed E-state index contributed by atoms with van der Waals surface area (Å²) in [6.45, 7) is 2.27. The average Bonchev–Trinajstić information content (AvgIpc) is 1.89. The van der Waals surface area contributed by atoms with Crippen LogP contribution in [-0.4, -0.2) is 19.4 Å². The molecule has 0 aliphatic rings. The summed E-state index contributed by atoms with van der Waals surface area (Å²) < 4.78 is 8.98. The van der Waals surface area contributed by atoms with E-state index in [-0.39, 0.29) is 6.61 Å². The molecule has 56 valence electrons. The first-order valence-corrected chi connectivity index (χ1v) is 3.04. The van der Waals surface area contributed by atoms with Gasteiger partial charge in [0.25, 0.3) is 0 Å². The summed E-state index contributed by atoms with van der Waals surface area (Å²) in [6, 6.07) is 0. The van der Waals surface area contributed by atoms with E-state index in [4.69, 9.17) is 6.42 Å². The number of carbonyl (C=O) groups is 1. The van der Waals surface area contributed by atoms with Crippen LogP contribution in [0.15, 0.2) is 0 Å². The molecule has 0 aromatic rings. The van der Waals surface area contributed by atoms with Crippen molar-refractivity contribution in [1.82, 2.24) is 0 Å². The van der Waals surface area contributed by atoms with Gasteiger partial charge in [0.2, 0.25) is 0 Å². The molecular formula is C7H10O3. The van der Waals surface area contributed by atoms with Gasteiger partial charge in [-0.15, -0.1) is 12.3 Å². The minimum atomic E-state index is -0.655. The van der Waals surface area contributed by atoms with Gasteiger partial charge in [-0.05, 0) is 6.92 Å². The smallest absolute Gasteiger partial charge is 0.435 e. The van der Waals surface area contributed by atoms with E-state index in [1.54, 1.807) is 6.92 Å². The lowest BCUT2D eigenvalue weighted by Crippen LogP contribution is -2.07. The van der Waals surface area contributed by atoms with Crippen LogP contribution in [0.4, 0.5) is 4.79 Å². The standard InChI is InChI=1S/C7H10O3/c1-3-5-6-10-7(8)9-4-2/h1H,4-6H2,2H3. The fraction of sp³-hybridized carbons (Fsp3) is 0.571. The van der Waals surface area contributed by atoms with Gasteiger partial charge in [0.15, 0.2) is 0 Å². The molecule has 0 spiro atoms. The quantitative estimate of drug-likeness (QED) is 0.337. The van der Waals surface area contributed by atoms with Crippen molar-refractivity contribution in [3.05, 3.63) is 0 Å². The SMILES string of the molecule is C#CCCOC(=O)OCC. The Morgan fingerprint density at radius 1 is 1.60 bits per heavy atom. The number of carbonyl (C=O) groups excluding carboxylic acids is 1. The van der Waals surface area contributed by atoms with Crippen molar-refractivity contribution >= 4 is 6.16 Å². The monoisotopic (exact) mass is 142 g/mol. The fourth-order valence-corrected chi connectivity index (χ4v) is 0.353. The van der Waals surface area contributed by atoms with Gasteiger partial charge in [-0.2, -0.15) is 0 Å². The van der Waals surface area contributed by atoms with Gasteiger partial charge in [0.05, 0.1) is 6.61 Å². The number of ether oxygens (including phenoxy) is 2. The molecule has 10 heavy (non-hydrogen) atoms. The largest absolute Gasteiger partial charge is 0.508 e. The summed E-state index contributed by atoms with van der Waals surface area (Å²) in [6.07, 6.45) is 4.68. The van der Waals surface area contributed by atoms with Crippen LogP contribution in [0.3, 0.4) is 0 Å². The molecule has 0 amide bonds. The summed E-state index contributed by atoms with van der Waals surface area (Å²) in [5, 5.41) is 0. The molecule has 0 aromatic heterocycles. The number of hydrogen-bond donors (Lipinski definition) is 0. The third-order valence-electron chi connectivity index (χ3n) is 0.729. The van der Waals surface area contributed by atoms with Crippen molar-refractivity contribution in [2.24, 2.45) is 0 Å². The highest BCUT2D eigenvalue weighted by atomic mass is 16.7. The zero-order valence-electron chi connectivity index (χ0n) is 5.92. The summed E-state index contributed by atoms with van der Waals surface area (Å²) in [7, 11) is 0. The maximum atomic E-state index is 10.4. The highest BCUT2D eigenvalue weighted by Crippen LogP contribution is 1.86. The zero-order chi connectivity index (χ0) is 7.82. The molecule has 0 saturated carbocycles. The second-order valence-corrected chi connectivity index (χ2v) is 1.49. The molecule has 0 fully saturated rings. The minimum absolute atomic E-state index is 0.231. The highest BCUT2D eigenvalue weighted by Gasteiger charge is 1.98. The Kier molecular flexibility index (Phi) is 5.26. The molecule has 0 saturated heterocycles. The van der Waals surface area contributed by atoms with E-state index in [9.17, 15) is 4.79 Å². The zero-order valence-corrected chi connectivity index (χ0v) is 5.92. The van der Waals surface area contributed by atoms with Crippen LogP contribution in [0.25, 0.3) is 0 Å². The van der Waals surface area contributed by atoms with Crippen molar-refractivity contribution in [1.29, 1.82) is 0 Å². The molecule has 3 heteroatoms. The van der Waals surface area contributed by atoms with Gasteiger partial charge < -0.3 is 9.47 Å². The van der Waals surface area contributed by atoms with Gasteiger partial charge in [0, 0.05) is 6.42 Å². The molecule has 0 bridgehead atoms. The molecule has 0 unspecified atom stereocenters. The fourth-order valence-electron chi connectivity index (χ4n) is 0.353. The first kappa shape index (κ1) is 8.83. The number of hydrogen-bond acceptors (Lipinski definition) is 3. The Hall–Kier alpha value is -1.17. The molecule has 0 atom stereocenters. The summed E-state index contributed by atoms with van der Waals surface area (Å²) >= 11 is 0. The van der Waals surface area contributed by atoms with Crippen LogP contribution in [0.5, 0.6) is 0 Å². The van der Waals surface area contributed by atoms with Gasteiger partial charge in [-0.1, -0.05) is 0 Å². The Labute approximate surface area is 60.3 Å². The molecule has 0 aliphatic heterocycles. The van der Waals surface area contributed by atoms with Crippen LogP contribution >= 0.6 is 0 Å². The van der Waals surface area contributed by atoms with E-state index >= 15 is 0 Å². The highest BCUT2D eigenvalue weighted by molar-refractivity contribution is 5.59. The van der Waals surface area contributed by atoms with Crippen LogP contribution in [0.2, 0.25) is 0 Å². The van der Waals surface area contributed by atoms with E-state index in [0.29, 0.717) is 13.0 Å². The molecule has 0 aliphatic carbocycles. The van der Waals surface area contributed by atoms with Crippen molar-refractivity contribution in [2.75, 3.05) is 13.2 Å². The minimum Gasteiger partial charge on any atom is -0.435 e. The van der Waals surface area contributed by atoms with Crippen molar-refractivity contribution in [3.63, 3.8) is 0 Å². The predicted molar refractivity (Wildman–Crippen MR) is 36.4 cm³/mol. The van der Waals surface area contributed by atoms with Crippen LogP contribution in [0.1, 0.15) is 13.3 Å². The lowest BCUT2D eigenvalue weighted by atomic mass is 10.5. The predicted octanol–water partition coefficient (Wildman–Crippen LogP) is 1.18. The van der Waals surface area contributed by atoms with Crippen LogP contribution in [0, 0.1) is 12.3 Å². The molecule has 0 heterocycles. The van der Waals surface area contributed by atoms with Gasteiger partial charge >= 0.3 is 6.16 Å². The van der Waals surface area contributed by atoms with Crippen LogP contribution < -0.4 is 0 Å². The van der Waals surface area contributed by atoms with Crippen molar-refractivity contribution < 1.29 is 14.3 Å². The van der Waals surface area contributed by atoms with E-state index in [1.165, 1.54) is 0 Å². The lowest BCUT2D eigenvalue weighted by Gasteiger charge is -2.00. The van der Waals surface area contributed by atoms with Gasteiger partial charge in [-0.25, -0.2) is 4.79 Å².